The number of rotatable bonds is 9. The van der Waals surface area contributed by atoms with Gasteiger partial charge in [-0.3, -0.25) is 4.79 Å². The lowest BCUT2D eigenvalue weighted by molar-refractivity contribution is -0.138. The van der Waals surface area contributed by atoms with E-state index in [4.69, 9.17) is 14.6 Å². The molecule has 0 saturated heterocycles. The normalized spacial score (nSPS) is 11.3. The average molecular weight is 396 g/mol. The summed E-state index contributed by atoms with van der Waals surface area (Å²) in [5.41, 5.74) is 1.04. The molecule has 0 saturated carbocycles. The quantitative estimate of drug-likeness (QED) is 0.576. The summed E-state index contributed by atoms with van der Waals surface area (Å²) in [6, 6.07) is 8.38. The van der Waals surface area contributed by atoms with Crippen LogP contribution in [-0.4, -0.2) is 17.7 Å². The van der Waals surface area contributed by atoms with Gasteiger partial charge in [0.1, 0.15) is 5.75 Å². The van der Waals surface area contributed by atoms with Gasteiger partial charge >= 0.3 is 12.1 Å². The zero-order valence-corrected chi connectivity index (χ0v) is 15.8. The Bertz CT molecular complexity index is 816. The van der Waals surface area contributed by atoms with E-state index in [1.54, 1.807) is 18.2 Å². The lowest BCUT2D eigenvalue weighted by Crippen LogP contribution is -2.06. The van der Waals surface area contributed by atoms with Crippen molar-refractivity contribution in [2.75, 3.05) is 6.61 Å². The van der Waals surface area contributed by atoms with Crippen molar-refractivity contribution in [2.24, 2.45) is 0 Å². The lowest BCUT2D eigenvalue weighted by Gasteiger charge is -2.16. The molecule has 0 radical (unpaired) electrons. The molecule has 0 aliphatic heterocycles. The number of carboxylic acid groups (broad SMARTS) is 1. The van der Waals surface area contributed by atoms with E-state index in [0.29, 0.717) is 25.0 Å². The Hall–Kier alpha value is -2.70. The summed E-state index contributed by atoms with van der Waals surface area (Å²) < 4.78 is 50.2. The second kappa shape index (κ2) is 9.48. The molecule has 2 rings (SSSR count). The van der Waals surface area contributed by atoms with E-state index in [2.05, 4.69) is 0 Å². The van der Waals surface area contributed by atoms with Crippen LogP contribution in [0.2, 0.25) is 0 Å². The maximum atomic E-state index is 13.0. The smallest absolute Gasteiger partial charge is 0.416 e. The summed E-state index contributed by atoms with van der Waals surface area (Å²) in [7, 11) is 0. The van der Waals surface area contributed by atoms with Crippen molar-refractivity contribution in [3.63, 3.8) is 0 Å². The van der Waals surface area contributed by atoms with Crippen molar-refractivity contribution in [3.8, 4) is 17.2 Å². The number of ether oxygens (including phenoxy) is 2. The first kappa shape index (κ1) is 21.6. The molecule has 0 aromatic heterocycles. The third-order valence-electron chi connectivity index (χ3n) is 4.13. The van der Waals surface area contributed by atoms with E-state index in [1.165, 1.54) is 6.07 Å². The van der Waals surface area contributed by atoms with Gasteiger partial charge in [-0.1, -0.05) is 19.9 Å². The second-order valence-electron chi connectivity index (χ2n) is 6.29. The highest BCUT2D eigenvalue weighted by Crippen LogP contribution is 2.38. The van der Waals surface area contributed by atoms with Gasteiger partial charge in [0.15, 0.2) is 11.5 Å². The highest BCUT2D eigenvalue weighted by molar-refractivity contribution is 5.67. The van der Waals surface area contributed by atoms with Crippen LogP contribution >= 0.6 is 0 Å². The number of aryl methyl sites for hydroxylation is 2. The number of hydrogen-bond acceptors (Lipinski definition) is 3. The molecule has 4 nitrogen and oxygen atoms in total. The van der Waals surface area contributed by atoms with Crippen molar-refractivity contribution in [2.45, 2.75) is 45.7 Å². The van der Waals surface area contributed by atoms with Gasteiger partial charge in [0.05, 0.1) is 12.2 Å². The van der Waals surface area contributed by atoms with Crippen LogP contribution in [0.25, 0.3) is 0 Å². The van der Waals surface area contributed by atoms with Gasteiger partial charge in [0, 0.05) is 6.42 Å². The number of aliphatic carboxylic acids is 1. The molecule has 0 heterocycles. The Kier molecular flexibility index (Phi) is 7.31. The predicted octanol–water partition coefficient (Wildman–Crippen LogP) is 5.87. The molecule has 0 spiro atoms. The van der Waals surface area contributed by atoms with E-state index < -0.39 is 17.7 Å². The van der Waals surface area contributed by atoms with Crippen LogP contribution < -0.4 is 9.47 Å². The monoisotopic (exact) mass is 396 g/mol. The maximum absolute atomic E-state index is 13.0. The number of carboxylic acids is 1. The SMILES string of the molecule is CCCOc1cc(C(F)(F)F)ccc1Oc1ccc(CCC(=O)O)c(CC)c1. The van der Waals surface area contributed by atoms with Gasteiger partial charge in [-0.05, 0) is 60.7 Å². The molecule has 2 aromatic rings. The van der Waals surface area contributed by atoms with E-state index in [-0.39, 0.29) is 24.5 Å². The van der Waals surface area contributed by atoms with Gasteiger partial charge in [0.2, 0.25) is 0 Å². The highest BCUT2D eigenvalue weighted by atomic mass is 19.4. The van der Waals surface area contributed by atoms with Crippen LogP contribution in [0.1, 0.15) is 43.4 Å². The first-order chi connectivity index (χ1) is 13.2. The molecular weight excluding hydrogens is 373 g/mol. The Morgan fingerprint density at radius 2 is 1.79 bits per heavy atom. The minimum atomic E-state index is -4.47. The summed E-state index contributed by atoms with van der Waals surface area (Å²) in [5, 5.41) is 8.85. The van der Waals surface area contributed by atoms with Gasteiger partial charge in [0.25, 0.3) is 0 Å². The Morgan fingerprint density at radius 1 is 1.04 bits per heavy atom. The van der Waals surface area contributed by atoms with Crippen molar-refractivity contribution in [3.05, 3.63) is 53.1 Å². The number of benzene rings is 2. The molecule has 28 heavy (non-hydrogen) atoms. The Labute approximate surface area is 161 Å². The van der Waals surface area contributed by atoms with Gasteiger partial charge < -0.3 is 14.6 Å². The summed E-state index contributed by atoms with van der Waals surface area (Å²) in [6.07, 6.45) is -2.71. The first-order valence-electron chi connectivity index (χ1n) is 9.10. The van der Waals surface area contributed by atoms with Gasteiger partial charge in [-0.2, -0.15) is 13.2 Å². The van der Waals surface area contributed by atoms with Crippen LogP contribution in [0.4, 0.5) is 13.2 Å². The fourth-order valence-corrected chi connectivity index (χ4v) is 2.70. The van der Waals surface area contributed by atoms with Crippen LogP contribution in [0.3, 0.4) is 0 Å². The second-order valence-corrected chi connectivity index (χ2v) is 6.29. The largest absolute Gasteiger partial charge is 0.490 e. The average Bonchev–Trinajstić information content (AvgIpc) is 2.65. The van der Waals surface area contributed by atoms with E-state index in [9.17, 15) is 18.0 Å². The van der Waals surface area contributed by atoms with E-state index in [0.717, 1.165) is 23.3 Å². The topological polar surface area (TPSA) is 55.8 Å². The number of hydrogen-bond donors (Lipinski definition) is 1. The molecule has 7 heteroatoms. The van der Waals surface area contributed by atoms with Crippen molar-refractivity contribution >= 4 is 5.97 Å². The zero-order valence-electron chi connectivity index (χ0n) is 15.8. The molecule has 0 amide bonds. The summed E-state index contributed by atoms with van der Waals surface area (Å²) in [5.74, 6) is -0.187. The minimum absolute atomic E-state index is 0.0289. The summed E-state index contributed by atoms with van der Waals surface area (Å²) in [6.45, 7) is 4.07. The fraction of sp³-hybridized carbons (Fsp3) is 0.381. The van der Waals surface area contributed by atoms with Gasteiger partial charge in [-0.25, -0.2) is 0 Å². The Balaban J connectivity index is 2.29. The van der Waals surface area contributed by atoms with Crippen molar-refractivity contribution < 1.29 is 32.5 Å². The Morgan fingerprint density at radius 3 is 2.39 bits per heavy atom. The molecule has 0 unspecified atom stereocenters. The molecule has 1 N–H and O–H groups in total. The summed E-state index contributed by atoms with van der Waals surface area (Å²) in [4.78, 5) is 10.8. The van der Waals surface area contributed by atoms with Crippen LogP contribution in [-0.2, 0) is 23.8 Å². The standard InChI is InChI=1S/C21H23F3O4/c1-3-11-27-19-13-16(21(22,23)24)7-9-18(19)28-17-8-5-15(6-10-20(25)26)14(4-2)12-17/h5,7-9,12-13H,3-4,6,10-11H2,1-2H3,(H,25,26). The zero-order chi connectivity index (χ0) is 20.7. The molecule has 0 atom stereocenters. The minimum Gasteiger partial charge on any atom is -0.490 e. The number of halogens is 3. The molecule has 0 aliphatic carbocycles. The van der Waals surface area contributed by atoms with Crippen LogP contribution in [0.15, 0.2) is 36.4 Å². The molecule has 0 fully saturated rings. The number of alkyl halides is 3. The predicted molar refractivity (Wildman–Crippen MR) is 99.1 cm³/mol. The maximum Gasteiger partial charge on any atom is 0.416 e. The van der Waals surface area contributed by atoms with E-state index in [1.807, 2.05) is 13.8 Å². The summed E-state index contributed by atoms with van der Waals surface area (Å²) >= 11 is 0. The first-order valence-corrected chi connectivity index (χ1v) is 9.10. The fourth-order valence-electron chi connectivity index (χ4n) is 2.70. The van der Waals surface area contributed by atoms with E-state index >= 15 is 0 Å². The number of carbonyl (C=O) groups is 1. The lowest BCUT2D eigenvalue weighted by atomic mass is 10.0. The molecule has 0 bridgehead atoms. The third-order valence-corrected chi connectivity index (χ3v) is 4.13. The van der Waals surface area contributed by atoms with Crippen LogP contribution in [0.5, 0.6) is 17.2 Å². The van der Waals surface area contributed by atoms with Crippen molar-refractivity contribution in [1.29, 1.82) is 0 Å². The van der Waals surface area contributed by atoms with Crippen LogP contribution in [0, 0.1) is 0 Å². The highest BCUT2D eigenvalue weighted by Gasteiger charge is 2.31. The molecular formula is C21H23F3O4. The molecule has 152 valence electrons. The van der Waals surface area contributed by atoms with Gasteiger partial charge in [-0.15, -0.1) is 0 Å². The molecule has 0 aliphatic rings. The van der Waals surface area contributed by atoms with Crippen molar-refractivity contribution in [1.82, 2.24) is 0 Å². The molecule has 2 aromatic carbocycles. The third kappa shape index (κ3) is 5.90.